The van der Waals surface area contributed by atoms with Gasteiger partial charge in [0, 0.05) is 38.4 Å². The maximum Gasteiger partial charge on any atom is 0.313 e. The van der Waals surface area contributed by atoms with E-state index in [2.05, 4.69) is 27.5 Å². The summed E-state index contributed by atoms with van der Waals surface area (Å²) in [5.41, 5.74) is 3.76. The lowest BCUT2D eigenvalue weighted by molar-refractivity contribution is -0.136. The van der Waals surface area contributed by atoms with Crippen LogP contribution in [0.25, 0.3) is 0 Å². The zero-order valence-electron chi connectivity index (χ0n) is 18.8. The number of hydrogen-bond acceptors (Lipinski definition) is 5. The molecule has 31 heavy (non-hydrogen) atoms. The van der Waals surface area contributed by atoms with Crippen LogP contribution >= 0.6 is 0 Å². The van der Waals surface area contributed by atoms with E-state index in [9.17, 15) is 9.59 Å². The normalized spacial score (nSPS) is 15.9. The molecule has 1 saturated heterocycles. The second-order valence-corrected chi connectivity index (χ2v) is 8.04. The molecule has 3 rings (SSSR count). The van der Waals surface area contributed by atoms with Crippen LogP contribution in [0.2, 0.25) is 0 Å². The summed E-state index contributed by atoms with van der Waals surface area (Å²) in [7, 11) is 3.75. The van der Waals surface area contributed by atoms with Gasteiger partial charge in [-0.05, 0) is 55.8 Å². The highest BCUT2D eigenvalue weighted by Gasteiger charge is 2.25. The van der Waals surface area contributed by atoms with Crippen molar-refractivity contribution in [1.82, 2.24) is 15.1 Å². The molecule has 166 valence electrons. The van der Waals surface area contributed by atoms with Crippen LogP contribution in [0.4, 0.5) is 5.69 Å². The van der Waals surface area contributed by atoms with E-state index in [4.69, 9.17) is 4.74 Å². The number of likely N-dealkylation sites (N-methyl/N-ethyl adjacent to an activating group) is 1. The van der Waals surface area contributed by atoms with E-state index >= 15 is 0 Å². The first-order valence-electron chi connectivity index (χ1n) is 10.6. The minimum absolute atomic E-state index is 0.0166. The molecule has 1 fully saturated rings. The Hall–Kier alpha value is -2.90. The van der Waals surface area contributed by atoms with E-state index in [-0.39, 0.29) is 6.04 Å². The number of methoxy groups -OCH3 is 1. The van der Waals surface area contributed by atoms with Crippen molar-refractivity contribution in [3.8, 4) is 5.75 Å². The average Bonchev–Trinajstić information content (AvgIpc) is 2.78. The van der Waals surface area contributed by atoms with Crippen molar-refractivity contribution in [3.63, 3.8) is 0 Å². The summed E-state index contributed by atoms with van der Waals surface area (Å²) in [6.45, 7) is 7.99. The number of piperazine rings is 1. The smallest absolute Gasteiger partial charge is 0.313 e. The van der Waals surface area contributed by atoms with Crippen LogP contribution < -0.4 is 15.4 Å². The summed E-state index contributed by atoms with van der Waals surface area (Å²) in [5.74, 6) is -0.494. The van der Waals surface area contributed by atoms with Crippen LogP contribution in [0.15, 0.2) is 42.5 Å². The molecule has 0 spiro atoms. The van der Waals surface area contributed by atoms with E-state index in [1.54, 1.807) is 13.2 Å². The minimum atomic E-state index is -0.652. The fourth-order valence-electron chi connectivity index (χ4n) is 3.75. The molecule has 0 aliphatic carbocycles. The third-order valence-corrected chi connectivity index (χ3v) is 5.99. The SMILES string of the molecule is COc1ccc([C@H](CNC(=O)C(=O)Nc2cccc(C)c2C)N2CCN(C)CC2)cc1. The zero-order valence-corrected chi connectivity index (χ0v) is 18.8. The standard InChI is InChI=1S/C24H32N4O3/c1-17-6-5-7-21(18(17)2)26-24(30)23(29)25-16-22(28-14-12-27(3)13-15-28)19-8-10-20(31-4)11-9-19/h5-11,22H,12-16H2,1-4H3,(H,25,29)(H,26,30)/t22-/m0/s1. The Labute approximate surface area is 184 Å². The predicted octanol–water partition coefficient (Wildman–Crippen LogP) is 2.36. The second kappa shape index (κ2) is 10.4. The zero-order chi connectivity index (χ0) is 22.4. The van der Waals surface area contributed by atoms with Crippen LogP contribution in [0.1, 0.15) is 22.7 Å². The molecule has 0 aromatic heterocycles. The van der Waals surface area contributed by atoms with Gasteiger partial charge in [0.15, 0.2) is 0 Å². The molecular weight excluding hydrogens is 392 g/mol. The summed E-state index contributed by atoms with van der Waals surface area (Å²) in [4.78, 5) is 29.7. The lowest BCUT2D eigenvalue weighted by atomic mass is 10.0. The maximum absolute atomic E-state index is 12.5. The highest BCUT2D eigenvalue weighted by molar-refractivity contribution is 6.39. The molecule has 1 heterocycles. The Morgan fingerprint density at radius 1 is 1.00 bits per heavy atom. The number of carbonyl (C=O) groups is 2. The fraction of sp³-hybridized carbons (Fsp3) is 0.417. The van der Waals surface area contributed by atoms with E-state index < -0.39 is 11.8 Å². The monoisotopic (exact) mass is 424 g/mol. The maximum atomic E-state index is 12.5. The van der Waals surface area contributed by atoms with Crippen molar-refractivity contribution in [2.24, 2.45) is 0 Å². The molecular formula is C24H32N4O3. The van der Waals surface area contributed by atoms with Gasteiger partial charge in [-0.3, -0.25) is 14.5 Å². The van der Waals surface area contributed by atoms with Gasteiger partial charge in [-0.15, -0.1) is 0 Å². The number of nitrogens with one attached hydrogen (secondary N) is 2. The van der Waals surface area contributed by atoms with Crippen LogP contribution in [0, 0.1) is 13.8 Å². The number of benzene rings is 2. The number of rotatable bonds is 6. The molecule has 2 aromatic rings. The molecule has 1 aliphatic heterocycles. The average molecular weight is 425 g/mol. The van der Waals surface area contributed by atoms with Gasteiger partial charge in [0.05, 0.1) is 13.2 Å². The topological polar surface area (TPSA) is 73.9 Å². The number of ether oxygens (including phenoxy) is 1. The van der Waals surface area contributed by atoms with Gasteiger partial charge < -0.3 is 20.3 Å². The molecule has 7 nitrogen and oxygen atoms in total. The van der Waals surface area contributed by atoms with Crippen LogP contribution in [0.3, 0.4) is 0 Å². The Kier molecular flexibility index (Phi) is 7.65. The summed E-state index contributed by atoms with van der Waals surface area (Å²) in [5, 5.41) is 5.56. The largest absolute Gasteiger partial charge is 0.497 e. The van der Waals surface area contributed by atoms with Gasteiger partial charge >= 0.3 is 11.8 Å². The summed E-state index contributed by atoms with van der Waals surface area (Å²) in [6.07, 6.45) is 0. The minimum Gasteiger partial charge on any atom is -0.497 e. The number of anilines is 1. The third-order valence-electron chi connectivity index (χ3n) is 5.99. The second-order valence-electron chi connectivity index (χ2n) is 8.04. The lowest BCUT2D eigenvalue weighted by Gasteiger charge is -2.38. The van der Waals surface area contributed by atoms with Gasteiger partial charge in [-0.1, -0.05) is 24.3 Å². The molecule has 7 heteroatoms. The first-order valence-corrected chi connectivity index (χ1v) is 10.6. The Balaban J connectivity index is 1.67. The molecule has 0 radical (unpaired) electrons. The Bertz CT molecular complexity index is 906. The molecule has 1 aliphatic rings. The van der Waals surface area contributed by atoms with E-state index in [1.807, 2.05) is 50.2 Å². The summed E-state index contributed by atoms with van der Waals surface area (Å²) >= 11 is 0. The fourth-order valence-corrected chi connectivity index (χ4v) is 3.75. The summed E-state index contributed by atoms with van der Waals surface area (Å²) in [6, 6.07) is 13.5. The first-order chi connectivity index (χ1) is 14.9. The molecule has 2 amide bonds. The van der Waals surface area contributed by atoms with Crippen molar-refractivity contribution >= 4 is 17.5 Å². The highest BCUT2D eigenvalue weighted by Crippen LogP contribution is 2.24. The van der Waals surface area contributed by atoms with Crippen LogP contribution in [0.5, 0.6) is 5.75 Å². The molecule has 0 saturated carbocycles. The quantitative estimate of drug-likeness (QED) is 0.697. The van der Waals surface area contributed by atoms with Gasteiger partial charge in [-0.2, -0.15) is 0 Å². The van der Waals surface area contributed by atoms with Crippen molar-refractivity contribution in [2.45, 2.75) is 19.9 Å². The first kappa shape index (κ1) is 22.8. The summed E-state index contributed by atoms with van der Waals surface area (Å²) < 4.78 is 5.27. The molecule has 0 unspecified atom stereocenters. The number of nitrogens with zero attached hydrogens (tertiary/aromatic N) is 2. The van der Waals surface area contributed by atoms with E-state index in [0.717, 1.165) is 48.6 Å². The Morgan fingerprint density at radius 3 is 2.32 bits per heavy atom. The number of aryl methyl sites for hydroxylation is 1. The molecule has 1 atom stereocenters. The Morgan fingerprint density at radius 2 is 1.68 bits per heavy atom. The predicted molar refractivity (Wildman–Crippen MR) is 122 cm³/mol. The van der Waals surface area contributed by atoms with Crippen LogP contribution in [-0.4, -0.2) is 68.5 Å². The van der Waals surface area contributed by atoms with Gasteiger partial charge in [0.25, 0.3) is 0 Å². The molecule has 2 aromatic carbocycles. The number of carbonyl (C=O) groups excluding carboxylic acids is 2. The molecule has 0 bridgehead atoms. The lowest BCUT2D eigenvalue weighted by Crippen LogP contribution is -2.49. The van der Waals surface area contributed by atoms with Crippen molar-refractivity contribution in [1.29, 1.82) is 0 Å². The highest BCUT2D eigenvalue weighted by atomic mass is 16.5. The van der Waals surface area contributed by atoms with Gasteiger partial charge in [-0.25, -0.2) is 0 Å². The van der Waals surface area contributed by atoms with Gasteiger partial charge in [0.2, 0.25) is 0 Å². The van der Waals surface area contributed by atoms with Crippen molar-refractivity contribution in [2.75, 3.05) is 52.2 Å². The van der Waals surface area contributed by atoms with Gasteiger partial charge in [0.1, 0.15) is 5.75 Å². The number of amides is 2. The van der Waals surface area contributed by atoms with E-state index in [0.29, 0.717) is 12.2 Å². The van der Waals surface area contributed by atoms with Crippen LogP contribution in [-0.2, 0) is 9.59 Å². The number of hydrogen-bond donors (Lipinski definition) is 2. The van der Waals surface area contributed by atoms with Crippen molar-refractivity contribution in [3.05, 3.63) is 59.2 Å². The third kappa shape index (κ3) is 5.83. The molecule has 2 N–H and O–H groups in total. The van der Waals surface area contributed by atoms with E-state index in [1.165, 1.54) is 0 Å². The van der Waals surface area contributed by atoms with Crippen molar-refractivity contribution < 1.29 is 14.3 Å².